The summed E-state index contributed by atoms with van der Waals surface area (Å²) in [6, 6.07) is 5.71. The molecule has 12 heavy (non-hydrogen) atoms. The molecule has 1 aromatic rings. The summed E-state index contributed by atoms with van der Waals surface area (Å²) in [6.07, 6.45) is 0. The van der Waals surface area contributed by atoms with Crippen LogP contribution in [0, 0.1) is 6.07 Å². The van der Waals surface area contributed by atoms with E-state index in [1.165, 1.54) is 19.1 Å². The van der Waals surface area contributed by atoms with Gasteiger partial charge in [0.05, 0.1) is 5.02 Å². The van der Waals surface area contributed by atoms with Gasteiger partial charge in [0, 0.05) is 13.0 Å². The Kier molecular flexibility index (Phi) is 2.95. The highest BCUT2D eigenvalue weighted by Gasteiger charge is 2.06. The molecule has 0 aliphatic carbocycles. The molecule has 0 heterocycles. The van der Waals surface area contributed by atoms with Gasteiger partial charge in [-0.25, -0.2) is 0 Å². The van der Waals surface area contributed by atoms with E-state index < -0.39 is 5.97 Å². The van der Waals surface area contributed by atoms with Gasteiger partial charge in [-0.15, -0.1) is 0 Å². The summed E-state index contributed by atoms with van der Waals surface area (Å²) >= 11 is 11.3. The number of carbonyl (C=O) groups excluding carboxylic acids is 1. The number of ether oxygens (including phenoxy) is 1. The monoisotopic (exact) mass is 203 g/mol. The van der Waals surface area contributed by atoms with E-state index in [1.807, 2.05) is 0 Å². The maximum Gasteiger partial charge on any atom is 0.308 e. The molecule has 0 bridgehead atoms. The van der Waals surface area contributed by atoms with E-state index in [-0.39, 0.29) is 15.8 Å². The first kappa shape index (κ1) is 9.36. The quantitative estimate of drug-likeness (QED) is 0.519. The molecule has 0 aliphatic rings. The van der Waals surface area contributed by atoms with Gasteiger partial charge in [-0.05, 0) is 12.1 Å². The molecule has 0 aromatic heterocycles. The van der Waals surface area contributed by atoms with Crippen molar-refractivity contribution in [3.05, 3.63) is 28.2 Å². The van der Waals surface area contributed by atoms with Crippen LogP contribution in [0.2, 0.25) is 10.0 Å². The Bertz CT molecular complexity index is 310. The molecule has 0 unspecified atom stereocenters. The van der Waals surface area contributed by atoms with Crippen molar-refractivity contribution in [2.75, 3.05) is 0 Å². The Morgan fingerprint density at radius 3 is 2.83 bits per heavy atom. The molecule has 2 nitrogen and oxygen atoms in total. The van der Waals surface area contributed by atoms with Crippen LogP contribution in [-0.2, 0) is 4.79 Å². The highest BCUT2D eigenvalue weighted by Crippen LogP contribution is 2.30. The van der Waals surface area contributed by atoms with Gasteiger partial charge in [-0.2, -0.15) is 0 Å². The van der Waals surface area contributed by atoms with Gasteiger partial charge >= 0.3 is 5.97 Å². The molecule has 0 spiro atoms. The Morgan fingerprint density at radius 1 is 1.58 bits per heavy atom. The van der Waals surface area contributed by atoms with Crippen LogP contribution in [0.3, 0.4) is 0 Å². The summed E-state index contributed by atoms with van der Waals surface area (Å²) < 4.78 is 4.75. The maximum atomic E-state index is 10.5. The van der Waals surface area contributed by atoms with Crippen LogP contribution in [0.4, 0.5) is 0 Å². The lowest BCUT2D eigenvalue weighted by atomic mass is 10.3. The second kappa shape index (κ2) is 3.78. The molecule has 63 valence electrons. The molecule has 0 amide bonds. The molecule has 4 heteroatoms. The Morgan fingerprint density at radius 2 is 2.25 bits per heavy atom. The van der Waals surface area contributed by atoms with Gasteiger partial charge in [0.15, 0.2) is 5.75 Å². The van der Waals surface area contributed by atoms with Gasteiger partial charge in [0.2, 0.25) is 0 Å². The number of halogens is 2. The van der Waals surface area contributed by atoms with Crippen molar-refractivity contribution >= 4 is 29.2 Å². The molecule has 0 saturated heterocycles. The summed E-state index contributed by atoms with van der Waals surface area (Å²) in [5.41, 5.74) is 0. The first-order chi connectivity index (χ1) is 5.61. The molecule has 0 atom stereocenters. The van der Waals surface area contributed by atoms with E-state index in [2.05, 4.69) is 6.07 Å². The zero-order valence-electron chi connectivity index (χ0n) is 6.23. The van der Waals surface area contributed by atoms with E-state index in [0.717, 1.165) is 0 Å². The van der Waals surface area contributed by atoms with Crippen molar-refractivity contribution in [2.45, 2.75) is 6.92 Å². The SMILES string of the molecule is CC(=O)Oc1cc[c]c(Cl)c1Cl. The maximum absolute atomic E-state index is 10.5. The first-order valence-electron chi connectivity index (χ1n) is 3.15. The third-order valence-corrected chi connectivity index (χ3v) is 1.88. The minimum atomic E-state index is -0.431. The Balaban J connectivity index is 3.00. The molecule has 0 N–H and O–H groups in total. The number of benzene rings is 1. The fraction of sp³-hybridized carbons (Fsp3) is 0.125. The predicted octanol–water partition coefficient (Wildman–Crippen LogP) is 2.72. The molecule has 0 aliphatic heterocycles. The predicted molar refractivity (Wildman–Crippen MR) is 46.6 cm³/mol. The number of esters is 1. The first-order valence-corrected chi connectivity index (χ1v) is 3.91. The summed E-state index contributed by atoms with van der Waals surface area (Å²) in [5, 5.41) is 0.449. The fourth-order valence-electron chi connectivity index (χ4n) is 0.669. The number of rotatable bonds is 1. The Labute approximate surface area is 80.0 Å². The molecule has 1 aromatic carbocycles. The second-order valence-electron chi connectivity index (χ2n) is 2.06. The van der Waals surface area contributed by atoms with Crippen molar-refractivity contribution in [3.63, 3.8) is 0 Å². The summed E-state index contributed by atoms with van der Waals surface area (Å²) in [5.74, 6) is -0.174. The van der Waals surface area contributed by atoms with Gasteiger partial charge in [0.1, 0.15) is 5.02 Å². The Hall–Kier alpha value is -0.730. The van der Waals surface area contributed by atoms with E-state index >= 15 is 0 Å². The largest absolute Gasteiger partial charge is 0.425 e. The van der Waals surface area contributed by atoms with Crippen LogP contribution in [0.15, 0.2) is 12.1 Å². The zero-order valence-corrected chi connectivity index (χ0v) is 7.74. The van der Waals surface area contributed by atoms with Crippen LogP contribution in [0.5, 0.6) is 5.75 Å². The minimum absolute atomic E-state index is 0.203. The molecule has 1 radical (unpaired) electrons. The highest BCUT2D eigenvalue weighted by molar-refractivity contribution is 6.42. The van der Waals surface area contributed by atoms with Gasteiger partial charge < -0.3 is 4.74 Å². The molecular weight excluding hydrogens is 199 g/mol. The number of hydrogen-bond acceptors (Lipinski definition) is 2. The minimum Gasteiger partial charge on any atom is -0.425 e. The average molecular weight is 204 g/mol. The van der Waals surface area contributed by atoms with Crippen molar-refractivity contribution in [2.24, 2.45) is 0 Å². The lowest BCUT2D eigenvalue weighted by molar-refractivity contribution is -0.131. The molecular formula is C8H5Cl2O2. The van der Waals surface area contributed by atoms with Crippen LogP contribution >= 0.6 is 23.2 Å². The fourth-order valence-corrected chi connectivity index (χ4v) is 0.981. The number of carbonyl (C=O) groups is 1. The second-order valence-corrected chi connectivity index (χ2v) is 2.82. The normalized spacial score (nSPS) is 9.58. The summed E-state index contributed by atoms with van der Waals surface area (Å²) in [6.45, 7) is 1.29. The third-order valence-electron chi connectivity index (χ3n) is 1.11. The zero-order chi connectivity index (χ0) is 9.14. The van der Waals surface area contributed by atoms with Gasteiger partial charge in [0.25, 0.3) is 0 Å². The van der Waals surface area contributed by atoms with Crippen LogP contribution in [0.25, 0.3) is 0 Å². The van der Waals surface area contributed by atoms with Gasteiger partial charge in [-0.1, -0.05) is 23.2 Å². The van der Waals surface area contributed by atoms with E-state index in [4.69, 9.17) is 27.9 Å². The molecule has 0 saturated carbocycles. The average Bonchev–Trinajstić information content (AvgIpc) is 1.98. The molecule has 0 fully saturated rings. The highest BCUT2D eigenvalue weighted by atomic mass is 35.5. The van der Waals surface area contributed by atoms with Crippen molar-refractivity contribution in [1.82, 2.24) is 0 Å². The van der Waals surface area contributed by atoms with Crippen LogP contribution in [-0.4, -0.2) is 5.97 Å². The van der Waals surface area contributed by atoms with Crippen molar-refractivity contribution in [3.8, 4) is 5.75 Å². The number of hydrogen-bond donors (Lipinski definition) is 0. The smallest absolute Gasteiger partial charge is 0.308 e. The lowest BCUT2D eigenvalue weighted by Gasteiger charge is -2.03. The standard InChI is InChI=1S/C8H5Cl2O2/c1-5(11)12-7-4-2-3-6(9)8(7)10/h2,4H,1H3. The summed E-state index contributed by atoms with van der Waals surface area (Å²) in [7, 11) is 0. The van der Waals surface area contributed by atoms with Crippen LogP contribution in [0.1, 0.15) is 6.92 Å². The van der Waals surface area contributed by atoms with E-state index in [9.17, 15) is 4.79 Å². The summed E-state index contributed by atoms with van der Waals surface area (Å²) in [4.78, 5) is 10.5. The topological polar surface area (TPSA) is 26.3 Å². The van der Waals surface area contributed by atoms with E-state index in [1.54, 1.807) is 0 Å². The van der Waals surface area contributed by atoms with Crippen molar-refractivity contribution in [1.29, 1.82) is 0 Å². The van der Waals surface area contributed by atoms with E-state index in [0.29, 0.717) is 0 Å². The van der Waals surface area contributed by atoms with Crippen LogP contribution < -0.4 is 4.74 Å². The molecule has 1 rings (SSSR count). The van der Waals surface area contributed by atoms with Gasteiger partial charge in [-0.3, -0.25) is 4.79 Å². The lowest BCUT2D eigenvalue weighted by Crippen LogP contribution is -2.01. The third kappa shape index (κ3) is 2.13. The van der Waals surface area contributed by atoms with Crippen molar-refractivity contribution < 1.29 is 9.53 Å².